The first-order valence-electron chi connectivity index (χ1n) is 8.98. The second kappa shape index (κ2) is 8.69. The number of hydrogen-bond donors (Lipinski definition) is 2. The minimum Gasteiger partial charge on any atom is -0.481 e. The van der Waals surface area contributed by atoms with E-state index in [1.165, 1.54) is 4.31 Å². The number of rotatable bonds is 7. The minimum atomic E-state index is -3.53. The van der Waals surface area contributed by atoms with E-state index in [0.717, 1.165) is 5.69 Å². The van der Waals surface area contributed by atoms with Crippen molar-refractivity contribution in [1.29, 1.82) is 0 Å². The van der Waals surface area contributed by atoms with Crippen LogP contribution in [0.25, 0.3) is 0 Å². The van der Waals surface area contributed by atoms with E-state index < -0.39 is 10.0 Å². The van der Waals surface area contributed by atoms with Gasteiger partial charge in [0.1, 0.15) is 0 Å². The van der Waals surface area contributed by atoms with Gasteiger partial charge in [-0.1, -0.05) is 12.1 Å². The average Bonchev–Trinajstić information content (AvgIpc) is 2.72. The van der Waals surface area contributed by atoms with Gasteiger partial charge in [-0.25, -0.2) is 13.4 Å². The standard InChI is InChI=1S/C19H25N3O4S/c1-26-19-7-3-5-17(21-19)13-20-16-4-2-6-18(12-16)27(24,25)22-10-8-15(14-23)9-11-22/h2-7,12,15,20,23H,8-11,13-14H2,1H3. The summed E-state index contributed by atoms with van der Waals surface area (Å²) in [6, 6.07) is 12.3. The van der Waals surface area contributed by atoms with Crippen molar-refractivity contribution < 1.29 is 18.3 Å². The third-order valence-corrected chi connectivity index (χ3v) is 6.66. The van der Waals surface area contributed by atoms with Crippen molar-refractivity contribution in [2.45, 2.75) is 24.3 Å². The van der Waals surface area contributed by atoms with Gasteiger partial charge >= 0.3 is 0 Å². The van der Waals surface area contributed by atoms with E-state index in [-0.39, 0.29) is 17.4 Å². The van der Waals surface area contributed by atoms with Crippen LogP contribution < -0.4 is 10.1 Å². The molecule has 2 heterocycles. The molecule has 0 aliphatic carbocycles. The van der Waals surface area contributed by atoms with Gasteiger partial charge in [-0.2, -0.15) is 4.31 Å². The summed E-state index contributed by atoms with van der Waals surface area (Å²) in [5, 5.41) is 12.4. The molecule has 0 bridgehead atoms. The SMILES string of the molecule is COc1cccc(CNc2cccc(S(=O)(=O)N3CCC(CO)CC3)c2)n1. The Kier molecular flexibility index (Phi) is 6.30. The molecule has 1 aliphatic rings. The Bertz CT molecular complexity index is 865. The topological polar surface area (TPSA) is 91.8 Å². The number of benzene rings is 1. The summed E-state index contributed by atoms with van der Waals surface area (Å²) in [6.07, 6.45) is 1.38. The number of aliphatic hydroxyl groups excluding tert-OH is 1. The number of aromatic nitrogens is 1. The van der Waals surface area contributed by atoms with Crippen LogP contribution in [0.15, 0.2) is 47.4 Å². The molecule has 0 radical (unpaired) electrons. The first kappa shape index (κ1) is 19.6. The third-order valence-electron chi connectivity index (χ3n) is 4.77. The predicted molar refractivity (Wildman–Crippen MR) is 103 cm³/mol. The Morgan fingerprint density at radius 2 is 1.96 bits per heavy atom. The van der Waals surface area contributed by atoms with Crippen molar-refractivity contribution in [2.24, 2.45) is 5.92 Å². The number of ether oxygens (including phenoxy) is 1. The summed E-state index contributed by atoms with van der Waals surface area (Å²) >= 11 is 0. The lowest BCUT2D eigenvalue weighted by Gasteiger charge is -2.30. The van der Waals surface area contributed by atoms with Gasteiger partial charge in [0, 0.05) is 31.5 Å². The second-order valence-corrected chi connectivity index (χ2v) is 8.52. The van der Waals surface area contributed by atoms with Crippen molar-refractivity contribution in [3.63, 3.8) is 0 Å². The van der Waals surface area contributed by atoms with Crippen molar-refractivity contribution in [3.8, 4) is 5.88 Å². The van der Waals surface area contributed by atoms with Crippen molar-refractivity contribution >= 4 is 15.7 Å². The van der Waals surface area contributed by atoms with Crippen molar-refractivity contribution in [3.05, 3.63) is 48.2 Å². The maximum Gasteiger partial charge on any atom is 0.243 e. The molecule has 1 aromatic heterocycles. The van der Waals surface area contributed by atoms with Gasteiger partial charge in [-0.3, -0.25) is 0 Å². The van der Waals surface area contributed by atoms with Crippen LogP contribution in [-0.4, -0.2) is 49.6 Å². The first-order valence-corrected chi connectivity index (χ1v) is 10.4. The number of sulfonamides is 1. The number of anilines is 1. The maximum absolute atomic E-state index is 12.9. The van der Waals surface area contributed by atoms with Gasteiger partial charge in [0.2, 0.25) is 15.9 Å². The molecule has 27 heavy (non-hydrogen) atoms. The molecule has 3 rings (SSSR count). The molecule has 0 atom stereocenters. The lowest BCUT2D eigenvalue weighted by Crippen LogP contribution is -2.39. The summed E-state index contributed by atoms with van der Waals surface area (Å²) in [6.45, 7) is 1.46. The number of piperidine rings is 1. The number of pyridine rings is 1. The number of nitrogens with one attached hydrogen (secondary N) is 1. The summed E-state index contributed by atoms with van der Waals surface area (Å²) in [5.41, 5.74) is 1.51. The zero-order chi connectivity index (χ0) is 19.3. The Morgan fingerprint density at radius 3 is 2.67 bits per heavy atom. The van der Waals surface area contributed by atoms with Crippen LogP contribution in [0.2, 0.25) is 0 Å². The van der Waals surface area contributed by atoms with Gasteiger partial charge in [0.05, 0.1) is 24.2 Å². The quantitative estimate of drug-likeness (QED) is 0.751. The number of hydrogen-bond acceptors (Lipinski definition) is 6. The molecule has 1 fully saturated rings. The van der Waals surface area contributed by atoms with E-state index in [0.29, 0.717) is 44.0 Å². The summed E-state index contributed by atoms with van der Waals surface area (Å²) in [7, 11) is -1.97. The molecule has 1 aromatic carbocycles. The summed E-state index contributed by atoms with van der Waals surface area (Å²) < 4.78 is 32.4. The van der Waals surface area contributed by atoms with Crippen LogP contribution in [0.3, 0.4) is 0 Å². The Hall–Kier alpha value is -2.16. The molecular weight excluding hydrogens is 366 g/mol. The average molecular weight is 391 g/mol. The fourth-order valence-corrected chi connectivity index (χ4v) is 4.63. The van der Waals surface area contributed by atoms with Gasteiger partial charge < -0.3 is 15.2 Å². The molecule has 7 nitrogen and oxygen atoms in total. The summed E-state index contributed by atoms with van der Waals surface area (Å²) in [4.78, 5) is 4.61. The van der Waals surface area contributed by atoms with E-state index in [2.05, 4.69) is 10.3 Å². The molecule has 0 saturated carbocycles. The van der Waals surface area contributed by atoms with Crippen LogP contribution in [0.4, 0.5) is 5.69 Å². The van der Waals surface area contributed by atoms with Crippen LogP contribution >= 0.6 is 0 Å². The number of nitrogens with zero attached hydrogens (tertiary/aromatic N) is 2. The van der Waals surface area contributed by atoms with E-state index in [1.54, 1.807) is 31.4 Å². The normalized spacial score (nSPS) is 16.2. The monoisotopic (exact) mass is 391 g/mol. The van der Waals surface area contributed by atoms with Crippen LogP contribution in [0.5, 0.6) is 5.88 Å². The third kappa shape index (κ3) is 4.77. The molecule has 1 aliphatic heterocycles. The van der Waals surface area contributed by atoms with Gasteiger partial charge in [0.25, 0.3) is 0 Å². The van der Waals surface area contributed by atoms with Crippen LogP contribution in [-0.2, 0) is 16.6 Å². The van der Waals surface area contributed by atoms with E-state index in [1.807, 2.05) is 18.2 Å². The molecule has 2 N–H and O–H groups in total. The van der Waals surface area contributed by atoms with Crippen molar-refractivity contribution in [1.82, 2.24) is 9.29 Å². The number of aliphatic hydroxyl groups is 1. The Morgan fingerprint density at radius 1 is 1.22 bits per heavy atom. The highest BCUT2D eigenvalue weighted by molar-refractivity contribution is 7.89. The molecule has 146 valence electrons. The molecule has 0 amide bonds. The fourth-order valence-electron chi connectivity index (χ4n) is 3.11. The number of methoxy groups -OCH3 is 1. The smallest absolute Gasteiger partial charge is 0.243 e. The van der Waals surface area contributed by atoms with Gasteiger partial charge in [-0.05, 0) is 43.0 Å². The fraction of sp³-hybridized carbons (Fsp3) is 0.421. The van der Waals surface area contributed by atoms with Crippen molar-refractivity contribution in [2.75, 3.05) is 32.1 Å². The lowest BCUT2D eigenvalue weighted by atomic mass is 10.00. The first-order chi connectivity index (χ1) is 13.0. The van der Waals surface area contributed by atoms with Crippen LogP contribution in [0, 0.1) is 5.92 Å². The predicted octanol–water partition coefficient (Wildman–Crippen LogP) is 2.10. The summed E-state index contributed by atoms with van der Waals surface area (Å²) in [5.74, 6) is 0.733. The zero-order valence-corrected chi connectivity index (χ0v) is 16.2. The lowest BCUT2D eigenvalue weighted by molar-refractivity contribution is 0.170. The zero-order valence-electron chi connectivity index (χ0n) is 15.3. The molecule has 2 aromatic rings. The van der Waals surface area contributed by atoms with Crippen LogP contribution in [0.1, 0.15) is 18.5 Å². The maximum atomic E-state index is 12.9. The molecule has 1 saturated heterocycles. The second-order valence-electron chi connectivity index (χ2n) is 6.58. The highest BCUT2D eigenvalue weighted by Crippen LogP contribution is 2.25. The molecule has 0 unspecified atom stereocenters. The highest BCUT2D eigenvalue weighted by Gasteiger charge is 2.29. The van der Waals surface area contributed by atoms with E-state index >= 15 is 0 Å². The van der Waals surface area contributed by atoms with Gasteiger partial charge in [0.15, 0.2) is 0 Å². The van der Waals surface area contributed by atoms with E-state index in [9.17, 15) is 13.5 Å². The minimum absolute atomic E-state index is 0.117. The Labute approximate surface area is 160 Å². The largest absolute Gasteiger partial charge is 0.481 e. The molecule has 8 heteroatoms. The van der Waals surface area contributed by atoms with E-state index in [4.69, 9.17) is 4.74 Å². The van der Waals surface area contributed by atoms with Gasteiger partial charge in [-0.15, -0.1) is 0 Å². The Balaban J connectivity index is 1.69. The highest BCUT2D eigenvalue weighted by atomic mass is 32.2. The molecule has 0 spiro atoms. The molecular formula is C19H25N3O4S.